The van der Waals surface area contributed by atoms with E-state index in [2.05, 4.69) is 15.9 Å². The highest BCUT2D eigenvalue weighted by Crippen LogP contribution is 2.32. The lowest BCUT2D eigenvalue weighted by atomic mass is 10.1. The molecule has 0 aliphatic heterocycles. The highest BCUT2D eigenvalue weighted by atomic mass is 79.9. The Morgan fingerprint density at radius 1 is 1.31 bits per heavy atom. The molecule has 1 nitrogen and oxygen atoms in total. The molecule has 0 radical (unpaired) electrons. The van der Waals surface area contributed by atoms with Gasteiger partial charge in [0.1, 0.15) is 11.6 Å². The van der Waals surface area contributed by atoms with E-state index in [4.69, 9.17) is 4.74 Å². The quantitative estimate of drug-likeness (QED) is 0.764. The molecular formula is C12H10BrFOS. The summed E-state index contributed by atoms with van der Waals surface area (Å²) in [6.07, 6.45) is 0. The van der Waals surface area contributed by atoms with Gasteiger partial charge in [-0.05, 0) is 40.6 Å². The fourth-order valence-electron chi connectivity index (χ4n) is 1.42. The predicted molar refractivity (Wildman–Crippen MR) is 69.0 cm³/mol. The molecule has 0 saturated carbocycles. The van der Waals surface area contributed by atoms with Crippen LogP contribution in [-0.4, -0.2) is 11.9 Å². The maximum atomic E-state index is 13.2. The Morgan fingerprint density at radius 2 is 2.19 bits per heavy atom. The summed E-state index contributed by atoms with van der Waals surface area (Å²) < 4.78 is 18.8. The average molecular weight is 301 g/mol. The molecule has 0 bridgehead atoms. The first-order valence-corrected chi connectivity index (χ1v) is 6.88. The molecule has 1 aromatic carbocycles. The molecule has 0 aliphatic carbocycles. The fourth-order valence-corrected chi connectivity index (χ4v) is 2.24. The van der Waals surface area contributed by atoms with Crippen LogP contribution in [0.15, 0.2) is 35.0 Å². The van der Waals surface area contributed by atoms with Crippen LogP contribution in [0.3, 0.4) is 0 Å². The van der Waals surface area contributed by atoms with Crippen molar-refractivity contribution in [3.8, 4) is 16.9 Å². The van der Waals surface area contributed by atoms with Crippen molar-refractivity contribution in [3.63, 3.8) is 0 Å². The molecule has 16 heavy (non-hydrogen) atoms. The first-order valence-electron chi connectivity index (χ1n) is 4.82. The van der Waals surface area contributed by atoms with Crippen molar-refractivity contribution in [1.29, 1.82) is 0 Å². The number of alkyl halides is 1. The molecule has 0 fully saturated rings. The second kappa shape index (κ2) is 5.46. The first kappa shape index (κ1) is 11.6. The third kappa shape index (κ3) is 2.62. The lowest BCUT2D eigenvalue weighted by molar-refractivity contribution is 0.346. The smallest absolute Gasteiger partial charge is 0.127 e. The van der Waals surface area contributed by atoms with Gasteiger partial charge < -0.3 is 4.74 Å². The van der Waals surface area contributed by atoms with Crippen LogP contribution in [0.25, 0.3) is 11.1 Å². The van der Waals surface area contributed by atoms with Gasteiger partial charge in [0.05, 0.1) is 6.61 Å². The van der Waals surface area contributed by atoms with Gasteiger partial charge in [0, 0.05) is 10.9 Å². The lowest BCUT2D eigenvalue weighted by Gasteiger charge is -2.09. The van der Waals surface area contributed by atoms with Gasteiger partial charge in [0.15, 0.2) is 0 Å². The van der Waals surface area contributed by atoms with E-state index in [0.717, 1.165) is 22.2 Å². The lowest BCUT2D eigenvalue weighted by Crippen LogP contribution is -1.99. The number of hydrogen-bond acceptors (Lipinski definition) is 2. The van der Waals surface area contributed by atoms with Crippen molar-refractivity contribution in [2.24, 2.45) is 0 Å². The molecule has 4 heteroatoms. The Morgan fingerprint density at radius 3 is 2.88 bits per heavy atom. The highest BCUT2D eigenvalue weighted by Gasteiger charge is 2.08. The summed E-state index contributed by atoms with van der Waals surface area (Å²) in [4.78, 5) is 0. The summed E-state index contributed by atoms with van der Waals surface area (Å²) in [6, 6.07) is 6.55. The predicted octanol–water partition coefficient (Wildman–Crippen LogP) is 4.33. The Labute approximate surface area is 106 Å². The number of rotatable bonds is 4. The summed E-state index contributed by atoms with van der Waals surface area (Å²) in [7, 11) is 0. The largest absolute Gasteiger partial charge is 0.492 e. The SMILES string of the molecule is Fc1ccc(OCCBr)c(-c2ccsc2)c1. The van der Waals surface area contributed by atoms with Gasteiger partial charge in [0.2, 0.25) is 0 Å². The third-order valence-electron chi connectivity index (χ3n) is 2.11. The van der Waals surface area contributed by atoms with Gasteiger partial charge in [0.25, 0.3) is 0 Å². The van der Waals surface area contributed by atoms with Crippen LogP contribution in [0.1, 0.15) is 0 Å². The topological polar surface area (TPSA) is 9.23 Å². The van der Waals surface area contributed by atoms with Crippen molar-refractivity contribution < 1.29 is 9.13 Å². The maximum Gasteiger partial charge on any atom is 0.127 e. The zero-order valence-corrected chi connectivity index (χ0v) is 10.9. The van der Waals surface area contributed by atoms with Crippen LogP contribution < -0.4 is 4.74 Å². The average Bonchev–Trinajstić information content (AvgIpc) is 2.80. The van der Waals surface area contributed by atoms with Crippen molar-refractivity contribution >= 4 is 27.3 Å². The number of hydrogen-bond donors (Lipinski definition) is 0. The number of halogens is 2. The normalized spacial score (nSPS) is 10.4. The second-order valence-corrected chi connectivity index (χ2v) is 4.76. The first-order chi connectivity index (χ1) is 7.81. The molecule has 0 aliphatic rings. The summed E-state index contributed by atoms with van der Waals surface area (Å²) in [5.41, 5.74) is 1.80. The molecular weight excluding hydrogens is 291 g/mol. The summed E-state index contributed by atoms with van der Waals surface area (Å²) in [5, 5.41) is 4.71. The zero-order chi connectivity index (χ0) is 11.4. The van der Waals surface area contributed by atoms with E-state index in [0.29, 0.717) is 6.61 Å². The Bertz CT molecular complexity index is 456. The van der Waals surface area contributed by atoms with Crippen LogP contribution >= 0.6 is 27.3 Å². The molecule has 0 N–H and O–H groups in total. The maximum absolute atomic E-state index is 13.2. The minimum Gasteiger partial charge on any atom is -0.492 e. The molecule has 0 spiro atoms. The molecule has 84 valence electrons. The minimum atomic E-state index is -0.243. The molecule has 2 rings (SSSR count). The highest BCUT2D eigenvalue weighted by molar-refractivity contribution is 9.09. The number of ether oxygens (including phenoxy) is 1. The molecule has 0 unspecified atom stereocenters. The molecule has 0 atom stereocenters. The van der Waals surface area contributed by atoms with Gasteiger partial charge in [-0.3, -0.25) is 0 Å². The molecule has 1 aromatic heterocycles. The van der Waals surface area contributed by atoms with Crippen molar-refractivity contribution in [3.05, 3.63) is 40.8 Å². The van der Waals surface area contributed by atoms with Gasteiger partial charge in [-0.1, -0.05) is 15.9 Å². The van der Waals surface area contributed by atoms with E-state index in [9.17, 15) is 4.39 Å². The van der Waals surface area contributed by atoms with Crippen LogP contribution in [0.2, 0.25) is 0 Å². The van der Waals surface area contributed by atoms with Crippen LogP contribution in [0.5, 0.6) is 5.75 Å². The molecule has 0 amide bonds. The standard InChI is InChI=1S/C12H10BrFOS/c13-4-5-15-12-2-1-10(14)7-11(12)9-3-6-16-8-9/h1-3,6-8H,4-5H2. The number of benzene rings is 1. The van der Waals surface area contributed by atoms with Crippen molar-refractivity contribution in [1.82, 2.24) is 0 Å². The monoisotopic (exact) mass is 300 g/mol. The van der Waals surface area contributed by atoms with Gasteiger partial charge in [-0.15, -0.1) is 0 Å². The summed E-state index contributed by atoms with van der Waals surface area (Å²) in [6.45, 7) is 0.572. The summed E-state index contributed by atoms with van der Waals surface area (Å²) >= 11 is 4.88. The third-order valence-corrected chi connectivity index (χ3v) is 3.12. The second-order valence-electron chi connectivity index (χ2n) is 3.19. The Hall–Kier alpha value is -0.870. The van der Waals surface area contributed by atoms with Gasteiger partial charge in [-0.2, -0.15) is 11.3 Å². The zero-order valence-electron chi connectivity index (χ0n) is 8.45. The molecule has 0 saturated heterocycles. The van der Waals surface area contributed by atoms with Gasteiger partial charge >= 0.3 is 0 Å². The van der Waals surface area contributed by atoms with E-state index in [1.807, 2.05) is 16.8 Å². The van der Waals surface area contributed by atoms with Crippen LogP contribution in [-0.2, 0) is 0 Å². The minimum absolute atomic E-state index is 0.243. The summed E-state index contributed by atoms with van der Waals surface area (Å²) in [5.74, 6) is 0.478. The van der Waals surface area contributed by atoms with Crippen LogP contribution in [0.4, 0.5) is 4.39 Å². The molecule has 1 heterocycles. The van der Waals surface area contributed by atoms with Crippen LogP contribution in [0, 0.1) is 5.82 Å². The van der Waals surface area contributed by atoms with E-state index in [-0.39, 0.29) is 5.82 Å². The van der Waals surface area contributed by atoms with E-state index < -0.39 is 0 Å². The van der Waals surface area contributed by atoms with E-state index in [1.54, 1.807) is 17.4 Å². The van der Waals surface area contributed by atoms with E-state index in [1.165, 1.54) is 12.1 Å². The van der Waals surface area contributed by atoms with Crippen molar-refractivity contribution in [2.75, 3.05) is 11.9 Å². The van der Waals surface area contributed by atoms with E-state index >= 15 is 0 Å². The van der Waals surface area contributed by atoms with Crippen molar-refractivity contribution in [2.45, 2.75) is 0 Å². The Balaban J connectivity index is 2.37. The Kier molecular flexibility index (Phi) is 3.96. The molecule has 2 aromatic rings. The number of thiophene rings is 1. The fraction of sp³-hybridized carbons (Fsp3) is 0.167. The van der Waals surface area contributed by atoms with Gasteiger partial charge in [-0.25, -0.2) is 4.39 Å².